The van der Waals surface area contributed by atoms with E-state index >= 15 is 0 Å². The van der Waals surface area contributed by atoms with Crippen molar-refractivity contribution in [3.05, 3.63) is 33.2 Å². The van der Waals surface area contributed by atoms with Crippen molar-refractivity contribution in [3.8, 4) is 0 Å². The lowest BCUT2D eigenvalue weighted by atomic mass is 9.96. The van der Waals surface area contributed by atoms with Crippen LogP contribution in [0.2, 0.25) is 5.02 Å². The van der Waals surface area contributed by atoms with Gasteiger partial charge < -0.3 is 4.98 Å². The summed E-state index contributed by atoms with van der Waals surface area (Å²) in [5.74, 6) is 0. The molecule has 0 unspecified atom stereocenters. The van der Waals surface area contributed by atoms with E-state index in [-0.39, 0.29) is 12.3 Å². The molecule has 0 aliphatic heterocycles. The van der Waals surface area contributed by atoms with E-state index in [0.717, 1.165) is 0 Å². The largest absolute Gasteiger partial charge is 0.436 e. The second kappa shape index (κ2) is 4.15. The first-order chi connectivity index (χ1) is 7.91. The molecular weight excluding hydrogens is 295 g/mol. The fourth-order valence-electron chi connectivity index (χ4n) is 1.14. The van der Waals surface area contributed by atoms with Crippen LogP contribution in [0.15, 0.2) is 17.1 Å². The van der Waals surface area contributed by atoms with E-state index in [0.29, 0.717) is 0 Å². The molecule has 1 rings (SSSR count). The summed E-state index contributed by atoms with van der Waals surface area (Å²) < 4.78 is 87.1. The van der Waals surface area contributed by atoms with Gasteiger partial charge in [-0.2, -0.15) is 26.3 Å². The molecule has 102 valence electrons. The van der Waals surface area contributed by atoms with Crippen molar-refractivity contribution in [2.24, 2.45) is 0 Å². The Kier molecular flexibility index (Phi) is 3.41. The lowest BCUT2D eigenvalue weighted by molar-refractivity contribution is -0.348. The highest BCUT2D eigenvalue weighted by Crippen LogP contribution is 2.53. The molecule has 0 aliphatic rings. The predicted molar refractivity (Wildman–Crippen MR) is 47.0 cm³/mol. The van der Waals surface area contributed by atoms with E-state index in [1.54, 1.807) is 0 Å². The van der Waals surface area contributed by atoms with Gasteiger partial charge in [0.05, 0.1) is 0 Å². The smallest absolute Gasteiger partial charge is 0.327 e. The number of hydrogen-bond donors (Lipinski definition) is 1. The lowest BCUT2D eigenvalue weighted by Gasteiger charge is -2.30. The van der Waals surface area contributed by atoms with Crippen LogP contribution in [0.4, 0.5) is 30.7 Å². The Balaban J connectivity index is 3.55. The van der Waals surface area contributed by atoms with E-state index in [4.69, 9.17) is 11.6 Å². The molecule has 0 saturated heterocycles. The van der Waals surface area contributed by atoms with Crippen LogP contribution in [0.3, 0.4) is 0 Å². The van der Waals surface area contributed by atoms with Crippen LogP contribution >= 0.6 is 11.6 Å². The van der Waals surface area contributed by atoms with Crippen LogP contribution in [-0.2, 0) is 5.67 Å². The number of aromatic amines is 1. The van der Waals surface area contributed by atoms with E-state index in [1.807, 2.05) is 0 Å². The van der Waals surface area contributed by atoms with Crippen molar-refractivity contribution in [3.63, 3.8) is 0 Å². The van der Waals surface area contributed by atoms with Crippen molar-refractivity contribution >= 4 is 11.6 Å². The van der Waals surface area contributed by atoms with Crippen LogP contribution in [0.25, 0.3) is 0 Å². The molecule has 0 atom stereocenters. The zero-order chi connectivity index (χ0) is 14.4. The number of alkyl halides is 7. The quantitative estimate of drug-likeness (QED) is 0.793. The second-order valence-electron chi connectivity index (χ2n) is 3.22. The maximum atomic E-state index is 13.4. The molecule has 1 N–H and O–H groups in total. The summed E-state index contributed by atoms with van der Waals surface area (Å²) in [6.45, 7) is 0. The summed E-state index contributed by atoms with van der Waals surface area (Å²) in [6.07, 6.45) is -12.5. The average molecular weight is 298 g/mol. The molecule has 1 aromatic heterocycles. The highest BCUT2D eigenvalue weighted by atomic mass is 35.5. The van der Waals surface area contributed by atoms with E-state index < -0.39 is 34.2 Å². The number of aromatic nitrogens is 1. The SMILES string of the molecule is O=c1[nH]cc(C(F)(C(F)(F)F)C(F)(F)F)cc1Cl. The Hall–Kier alpha value is -1.25. The van der Waals surface area contributed by atoms with Gasteiger partial charge in [0.25, 0.3) is 5.56 Å². The normalized spacial score (nSPS) is 13.8. The summed E-state index contributed by atoms with van der Waals surface area (Å²) >= 11 is 5.07. The molecule has 0 spiro atoms. The molecule has 10 heteroatoms. The van der Waals surface area contributed by atoms with E-state index in [2.05, 4.69) is 0 Å². The number of hydrogen-bond acceptors (Lipinski definition) is 1. The van der Waals surface area contributed by atoms with Crippen molar-refractivity contribution in [2.75, 3.05) is 0 Å². The Morgan fingerprint density at radius 1 is 1.00 bits per heavy atom. The fraction of sp³-hybridized carbons (Fsp3) is 0.375. The van der Waals surface area contributed by atoms with Gasteiger partial charge in [-0.05, 0) is 6.07 Å². The molecule has 18 heavy (non-hydrogen) atoms. The average Bonchev–Trinajstić information content (AvgIpc) is 2.17. The molecule has 1 aromatic rings. The number of nitrogens with one attached hydrogen (secondary N) is 1. The van der Waals surface area contributed by atoms with Gasteiger partial charge in [0, 0.05) is 11.8 Å². The standard InChI is InChI=1S/C8H3ClF7NO/c9-4-1-3(2-17-5(4)18)6(10,7(11,12)13)8(14,15)16/h1-2H,(H,17,18). The van der Waals surface area contributed by atoms with Crippen LogP contribution in [0, 0.1) is 0 Å². The van der Waals surface area contributed by atoms with Crippen LogP contribution in [0.5, 0.6) is 0 Å². The van der Waals surface area contributed by atoms with Gasteiger partial charge in [0.2, 0.25) is 0 Å². The topological polar surface area (TPSA) is 32.9 Å². The Morgan fingerprint density at radius 3 is 1.78 bits per heavy atom. The van der Waals surface area contributed by atoms with Crippen LogP contribution < -0.4 is 5.56 Å². The molecule has 0 aromatic carbocycles. The molecule has 0 saturated carbocycles. The lowest BCUT2D eigenvalue weighted by Crippen LogP contribution is -2.50. The minimum atomic E-state index is -6.24. The van der Waals surface area contributed by atoms with Gasteiger partial charge >= 0.3 is 18.0 Å². The van der Waals surface area contributed by atoms with Gasteiger partial charge in [-0.15, -0.1) is 0 Å². The summed E-state index contributed by atoms with van der Waals surface area (Å²) in [5, 5.41) is -0.983. The molecular formula is C8H3ClF7NO. The van der Waals surface area contributed by atoms with Crippen molar-refractivity contribution in [2.45, 2.75) is 18.0 Å². The Morgan fingerprint density at radius 2 is 1.44 bits per heavy atom. The molecule has 0 aliphatic carbocycles. The van der Waals surface area contributed by atoms with Crippen molar-refractivity contribution in [1.82, 2.24) is 4.98 Å². The maximum absolute atomic E-state index is 13.4. The minimum Gasteiger partial charge on any atom is -0.327 e. The Bertz CT molecular complexity index is 489. The van der Waals surface area contributed by atoms with Crippen molar-refractivity contribution < 1.29 is 30.7 Å². The molecule has 0 fully saturated rings. The van der Waals surface area contributed by atoms with Gasteiger partial charge in [-0.25, -0.2) is 4.39 Å². The summed E-state index contributed by atoms with van der Waals surface area (Å²) in [5.41, 5.74) is -8.58. The summed E-state index contributed by atoms with van der Waals surface area (Å²) in [4.78, 5) is 12.2. The number of H-pyrrole nitrogens is 1. The van der Waals surface area contributed by atoms with Crippen LogP contribution in [0.1, 0.15) is 5.56 Å². The van der Waals surface area contributed by atoms with Crippen LogP contribution in [-0.4, -0.2) is 17.3 Å². The third-order valence-corrected chi connectivity index (χ3v) is 2.32. The molecule has 0 bridgehead atoms. The van der Waals surface area contributed by atoms with E-state index in [9.17, 15) is 35.5 Å². The highest BCUT2D eigenvalue weighted by molar-refractivity contribution is 6.30. The maximum Gasteiger partial charge on any atom is 0.436 e. The summed E-state index contributed by atoms with van der Waals surface area (Å²) in [6, 6.07) is -0.0125. The zero-order valence-corrected chi connectivity index (χ0v) is 8.84. The van der Waals surface area contributed by atoms with Gasteiger partial charge in [0.15, 0.2) is 0 Å². The monoisotopic (exact) mass is 297 g/mol. The molecule has 0 amide bonds. The minimum absolute atomic E-state index is 0.0125. The summed E-state index contributed by atoms with van der Waals surface area (Å²) in [7, 11) is 0. The first kappa shape index (κ1) is 14.8. The molecule has 0 radical (unpaired) electrons. The Labute approximate surface area is 99.4 Å². The third kappa shape index (κ3) is 2.18. The fourth-order valence-corrected chi connectivity index (χ4v) is 1.32. The van der Waals surface area contributed by atoms with Crippen molar-refractivity contribution in [1.29, 1.82) is 0 Å². The predicted octanol–water partition coefficient (Wildman–Crippen LogP) is 3.32. The van der Waals surface area contributed by atoms with E-state index in [1.165, 1.54) is 4.98 Å². The second-order valence-corrected chi connectivity index (χ2v) is 3.63. The number of halogens is 8. The highest BCUT2D eigenvalue weighted by Gasteiger charge is 2.73. The third-order valence-electron chi connectivity index (χ3n) is 2.04. The number of rotatable bonds is 1. The zero-order valence-electron chi connectivity index (χ0n) is 8.09. The first-order valence-electron chi connectivity index (χ1n) is 4.12. The molecule has 1 heterocycles. The van der Waals surface area contributed by atoms with Gasteiger partial charge in [0.1, 0.15) is 5.02 Å². The van der Waals surface area contributed by atoms with Gasteiger partial charge in [-0.3, -0.25) is 4.79 Å². The number of pyridine rings is 1. The molecule has 2 nitrogen and oxygen atoms in total. The first-order valence-corrected chi connectivity index (χ1v) is 4.50. The van der Waals surface area contributed by atoms with Gasteiger partial charge in [-0.1, -0.05) is 11.6 Å².